The van der Waals surface area contributed by atoms with Gasteiger partial charge in [0.2, 0.25) is 10.0 Å². The fourth-order valence-corrected chi connectivity index (χ4v) is 7.25. The van der Waals surface area contributed by atoms with Crippen molar-refractivity contribution in [1.29, 1.82) is 0 Å². The number of rotatable bonds is 8. The second kappa shape index (κ2) is 9.75. The normalized spacial score (nSPS) is 20.0. The van der Waals surface area contributed by atoms with Crippen molar-refractivity contribution in [3.8, 4) is 5.75 Å². The van der Waals surface area contributed by atoms with Gasteiger partial charge in [-0.3, -0.25) is 4.79 Å². The van der Waals surface area contributed by atoms with Gasteiger partial charge in [0.15, 0.2) is 0 Å². The van der Waals surface area contributed by atoms with E-state index in [1.807, 2.05) is 30.3 Å². The number of piperidine rings is 1. The van der Waals surface area contributed by atoms with Gasteiger partial charge in [-0.05, 0) is 74.6 Å². The predicted octanol–water partition coefficient (Wildman–Crippen LogP) is 5.18. The molecule has 1 unspecified atom stereocenters. The third-order valence-electron chi connectivity index (χ3n) is 7.84. The summed E-state index contributed by atoms with van der Waals surface area (Å²) < 4.78 is 33.6. The summed E-state index contributed by atoms with van der Waals surface area (Å²) in [6.07, 6.45) is 3.85. The van der Waals surface area contributed by atoms with Gasteiger partial charge in [0.1, 0.15) is 10.5 Å². The number of hydrogen-bond acceptors (Lipinski definition) is 4. The summed E-state index contributed by atoms with van der Waals surface area (Å²) in [5.41, 5.74) is 1.52. The van der Waals surface area contributed by atoms with E-state index >= 15 is 0 Å². The Morgan fingerprint density at radius 1 is 1.14 bits per heavy atom. The van der Waals surface area contributed by atoms with Crippen molar-refractivity contribution < 1.29 is 17.9 Å². The van der Waals surface area contributed by atoms with E-state index in [9.17, 15) is 13.2 Å². The van der Waals surface area contributed by atoms with Crippen LogP contribution in [0.3, 0.4) is 0 Å². The molecule has 8 heteroatoms. The van der Waals surface area contributed by atoms with Crippen molar-refractivity contribution >= 4 is 27.5 Å². The molecule has 4 rings (SSSR count). The molecule has 1 atom stereocenters. The van der Waals surface area contributed by atoms with E-state index in [1.165, 1.54) is 4.90 Å². The molecule has 2 aliphatic rings. The Morgan fingerprint density at radius 2 is 1.80 bits per heavy atom. The molecule has 0 aromatic heterocycles. The number of carbonyl (C=O) groups is 1. The van der Waals surface area contributed by atoms with E-state index in [1.54, 1.807) is 50.4 Å². The lowest BCUT2D eigenvalue weighted by molar-refractivity contribution is 0.0827. The van der Waals surface area contributed by atoms with E-state index < -0.39 is 14.8 Å². The van der Waals surface area contributed by atoms with Crippen molar-refractivity contribution in [3.05, 3.63) is 64.7 Å². The molecule has 190 valence electrons. The van der Waals surface area contributed by atoms with Crippen LogP contribution < -0.4 is 4.74 Å². The first-order valence-electron chi connectivity index (χ1n) is 12.2. The molecule has 0 bridgehead atoms. The Bertz CT molecular complexity index is 1170. The predicted molar refractivity (Wildman–Crippen MR) is 139 cm³/mol. The van der Waals surface area contributed by atoms with Crippen molar-refractivity contribution in [1.82, 2.24) is 9.21 Å². The molecule has 6 nitrogen and oxygen atoms in total. The minimum Gasteiger partial charge on any atom is -0.494 e. The summed E-state index contributed by atoms with van der Waals surface area (Å²) in [6.45, 7) is 5.33. The first-order valence-corrected chi connectivity index (χ1v) is 14.0. The van der Waals surface area contributed by atoms with E-state index in [0.717, 1.165) is 31.2 Å². The number of amides is 1. The number of ether oxygens (including phenoxy) is 1. The summed E-state index contributed by atoms with van der Waals surface area (Å²) >= 11 is 6.28. The van der Waals surface area contributed by atoms with Gasteiger partial charge in [0, 0.05) is 27.2 Å². The fraction of sp³-hybridized carbons (Fsp3) is 0.519. The zero-order chi connectivity index (χ0) is 25.4. The molecule has 35 heavy (non-hydrogen) atoms. The second-order valence-electron chi connectivity index (χ2n) is 10.5. The minimum absolute atomic E-state index is 0.137. The van der Waals surface area contributed by atoms with Crippen LogP contribution in [0.25, 0.3) is 0 Å². The fourth-order valence-electron chi connectivity index (χ4n) is 5.25. The number of benzene rings is 2. The highest BCUT2D eigenvalue weighted by atomic mass is 35.5. The smallest absolute Gasteiger partial charge is 0.254 e. The molecule has 0 radical (unpaired) electrons. The lowest BCUT2D eigenvalue weighted by Gasteiger charge is -2.37. The SMILES string of the molecule is CN(C)C(=O)c1ccc(OCCC2CC23CCN(S(=O)(=O)C(C)(C)c2ccccc2)CC3)cc1Cl. The van der Waals surface area contributed by atoms with Crippen molar-refractivity contribution in [2.75, 3.05) is 33.8 Å². The van der Waals surface area contributed by atoms with E-state index in [2.05, 4.69) is 0 Å². The van der Waals surface area contributed by atoms with Gasteiger partial charge in [-0.15, -0.1) is 0 Å². The highest BCUT2D eigenvalue weighted by molar-refractivity contribution is 7.90. The van der Waals surface area contributed by atoms with Gasteiger partial charge in [-0.25, -0.2) is 12.7 Å². The van der Waals surface area contributed by atoms with Crippen LogP contribution in [-0.2, 0) is 14.8 Å². The molecule has 1 saturated carbocycles. The van der Waals surface area contributed by atoms with Gasteiger partial charge >= 0.3 is 0 Å². The molecule has 1 saturated heterocycles. The van der Waals surface area contributed by atoms with Gasteiger partial charge in [-0.1, -0.05) is 41.9 Å². The molecule has 2 fully saturated rings. The summed E-state index contributed by atoms with van der Waals surface area (Å²) in [5.74, 6) is 1.07. The Labute approximate surface area is 214 Å². The molecular weight excluding hydrogens is 484 g/mol. The van der Waals surface area contributed by atoms with E-state index in [4.69, 9.17) is 16.3 Å². The Balaban J connectivity index is 1.28. The van der Waals surface area contributed by atoms with E-state index in [-0.39, 0.29) is 11.3 Å². The average Bonchev–Trinajstić information content (AvgIpc) is 3.50. The monoisotopic (exact) mass is 518 g/mol. The molecule has 0 N–H and O–H groups in total. The lowest BCUT2D eigenvalue weighted by atomic mass is 9.91. The van der Waals surface area contributed by atoms with Gasteiger partial charge in [0.05, 0.1) is 17.2 Å². The molecule has 1 spiro atoms. The number of halogens is 1. The van der Waals surface area contributed by atoms with Gasteiger partial charge < -0.3 is 9.64 Å². The number of hydrogen-bond donors (Lipinski definition) is 0. The molecule has 1 aliphatic carbocycles. The van der Waals surface area contributed by atoms with E-state index in [0.29, 0.717) is 41.9 Å². The minimum atomic E-state index is -3.46. The number of nitrogens with zero attached hydrogens (tertiary/aromatic N) is 2. The maximum Gasteiger partial charge on any atom is 0.254 e. The van der Waals surface area contributed by atoms with Gasteiger partial charge in [-0.2, -0.15) is 0 Å². The van der Waals surface area contributed by atoms with Crippen LogP contribution in [0.4, 0.5) is 0 Å². The molecule has 2 aromatic carbocycles. The van der Waals surface area contributed by atoms with Crippen LogP contribution in [0, 0.1) is 11.3 Å². The quantitative estimate of drug-likeness (QED) is 0.483. The Kier molecular flexibility index (Phi) is 7.24. The maximum absolute atomic E-state index is 13.5. The lowest BCUT2D eigenvalue weighted by Crippen LogP contribution is -2.47. The van der Waals surface area contributed by atoms with Crippen molar-refractivity contribution in [3.63, 3.8) is 0 Å². The van der Waals surface area contributed by atoms with Gasteiger partial charge in [0.25, 0.3) is 5.91 Å². The Hall–Kier alpha value is -2.09. The highest BCUT2D eigenvalue weighted by Gasteiger charge is 2.56. The summed E-state index contributed by atoms with van der Waals surface area (Å²) in [7, 11) is -0.0715. The average molecular weight is 519 g/mol. The molecular formula is C27H35ClN2O4S. The van der Waals surface area contributed by atoms with Crippen molar-refractivity contribution in [2.45, 2.75) is 44.3 Å². The zero-order valence-corrected chi connectivity index (χ0v) is 22.5. The van der Waals surface area contributed by atoms with Crippen LogP contribution in [0.5, 0.6) is 5.75 Å². The van der Waals surface area contributed by atoms with Crippen LogP contribution in [0.1, 0.15) is 55.5 Å². The summed E-state index contributed by atoms with van der Waals surface area (Å²) in [5, 5.41) is 0.385. The topological polar surface area (TPSA) is 66.9 Å². The van der Waals surface area contributed by atoms with Crippen LogP contribution in [0.15, 0.2) is 48.5 Å². The summed E-state index contributed by atoms with van der Waals surface area (Å²) in [6, 6.07) is 14.6. The third kappa shape index (κ3) is 5.09. The van der Waals surface area contributed by atoms with Crippen molar-refractivity contribution in [2.24, 2.45) is 11.3 Å². The first-order chi connectivity index (χ1) is 16.5. The molecule has 2 aromatic rings. The summed E-state index contributed by atoms with van der Waals surface area (Å²) in [4.78, 5) is 13.6. The number of carbonyl (C=O) groups excluding carboxylic acids is 1. The maximum atomic E-state index is 13.5. The third-order valence-corrected chi connectivity index (χ3v) is 10.7. The second-order valence-corrected chi connectivity index (χ2v) is 13.4. The molecule has 1 heterocycles. The van der Waals surface area contributed by atoms with Crippen LogP contribution in [-0.4, -0.2) is 57.3 Å². The Morgan fingerprint density at radius 3 is 2.40 bits per heavy atom. The molecule has 1 amide bonds. The standard InChI is InChI=1S/C27H35ClN2O4S/c1-26(2,20-8-6-5-7-9-20)35(32,33)30-15-13-27(14-16-30)19-21(27)12-17-34-22-10-11-23(24(28)18-22)25(31)29(3)4/h5-11,18,21H,12-17,19H2,1-4H3. The highest BCUT2D eigenvalue weighted by Crippen LogP contribution is 2.61. The van der Waals surface area contributed by atoms with Crippen LogP contribution >= 0.6 is 11.6 Å². The largest absolute Gasteiger partial charge is 0.494 e. The van der Waals surface area contributed by atoms with Crippen LogP contribution in [0.2, 0.25) is 5.02 Å². The first kappa shape index (κ1) is 26.0. The zero-order valence-electron chi connectivity index (χ0n) is 21.0. The molecule has 1 aliphatic heterocycles. The number of sulfonamides is 1.